The van der Waals surface area contributed by atoms with Gasteiger partial charge in [0.1, 0.15) is 18.1 Å². The zero-order valence-electron chi connectivity index (χ0n) is 25.9. The first-order valence-electron chi connectivity index (χ1n) is 15.2. The van der Waals surface area contributed by atoms with E-state index >= 15 is 0 Å². The summed E-state index contributed by atoms with van der Waals surface area (Å²) in [6.45, 7) is 4.64. The summed E-state index contributed by atoms with van der Waals surface area (Å²) < 4.78 is 19.4. The van der Waals surface area contributed by atoms with Gasteiger partial charge >= 0.3 is 5.97 Å². The van der Waals surface area contributed by atoms with Crippen molar-refractivity contribution in [2.24, 2.45) is 4.99 Å². The minimum Gasteiger partial charge on any atom is -0.494 e. The number of nitriles is 1. The van der Waals surface area contributed by atoms with Gasteiger partial charge in [0.15, 0.2) is 4.80 Å². The van der Waals surface area contributed by atoms with E-state index < -0.39 is 12.0 Å². The molecule has 1 atom stereocenters. The first-order chi connectivity index (χ1) is 23.0. The number of rotatable bonds is 10. The van der Waals surface area contributed by atoms with E-state index in [1.54, 1.807) is 29.7 Å². The number of carbonyl (C=O) groups excluding carboxylic acids is 1. The maximum Gasteiger partial charge on any atom is 0.338 e. The first-order valence-corrected chi connectivity index (χ1v) is 16.0. The molecule has 234 valence electrons. The smallest absolute Gasteiger partial charge is 0.338 e. The van der Waals surface area contributed by atoms with Crippen LogP contribution < -0.4 is 24.4 Å². The van der Waals surface area contributed by atoms with E-state index in [0.29, 0.717) is 45.3 Å². The number of hydrogen-bond donors (Lipinski definition) is 0. The van der Waals surface area contributed by atoms with Crippen molar-refractivity contribution in [2.45, 2.75) is 26.5 Å². The largest absolute Gasteiger partial charge is 0.494 e. The lowest BCUT2D eigenvalue weighted by Crippen LogP contribution is -2.40. The Morgan fingerprint density at radius 1 is 0.915 bits per heavy atom. The predicted molar refractivity (Wildman–Crippen MR) is 181 cm³/mol. The van der Waals surface area contributed by atoms with E-state index in [4.69, 9.17) is 24.5 Å². The Kier molecular flexibility index (Phi) is 9.41. The van der Waals surface area contributed by atoms with Gasteiger partial charge in [0.2, 0.25) is 0 Å². The SMILES string of the molecule is CCOC(=O)C1=C(c2ccccc2)N=c2s/c(=C\c3ccccc3OCc3ccc(C#N)cc3)c(=O)n2[C@H]1c1ccc(OCC)cc1. The Morgan fingerprint density at radius 3 is 2.34 bits per heavy atom. The lowest BCUT2D eigenvalue weighted by atomic mass is 9.93. The molecule has 1 aliphatic heterocycles. The van der Waals surface area contributed by atoms with Crippen LogP contribution in [0.25, 0.3) is 11.8 Å². The summed E-state index contributed by atoms with van der Waals surface area (Å²) in [5.41, 5.74) is 4.13. The van der Waals surface area contributed by atoms with Gasteiger partial charge in [0, 0.05) is 11.1 Å². The third-order valence-corrected chi connectivity index (χ3v) is 8.55. The van der Waals surface area contributed by atoms with Gasteiger partial charge in [-0.1, -0.05) is 84.1 Å². The standard InChI is InChI=1S/C38H31N3O5S/c1-3-44-30-20-18-28(19-21-30)35-33(37(43)45-4-2)34(27-10-6-5-7-11-27)40-38-41(35)36(42)32(47-38)22-29-12-8-9-13-31(29)46-24-26-16-14-25(23-39)15-17-26/h5-22,35H,3-4,24H2,1-2H3/b32-22-/t35-/m0/s1. The first kappa shape index (κ1) is 31.3. The highest BCUT2D eigenvalue weighted by Gasteiger charge is 2.35. The van der Waals surface area contributed by atoms with Crippen molar-refractivity contribution in [2.75, 3.05) is 13.2 Å². The summed E-state index contributed by atoms with van der Waals surface area (Å²) in [4.78, 5) is 33.4. The number of carbonyl (C=O) groups is 1. The Hall–Kier alpha value is -5.72. The van der Waals surface area contributed by atoms with Crippen molar-refractivity contribution in [3.63, 3.8) is 0 Å². The summed E-state index contributed by atoms with van der Waals surface area (Å²) in [5, 5.41) is 9.10. The Morgan fingerprint density at radius 2 is 1.64 bits per heavy atom. The van der Waals surface area contributed by atoms with Gasteiger partial charge in [0.25, 0.3) is 5.56 Å². The van der Waals surface area contributed by atoms with E-state index in [-0.39, 0.29) is 17.7 Å². The molecular formula is C38H31N3O5S. The van der Waals surface area contributed by atoms with Gasteiger partial charge in [-0.25, -0.2) is 9.79 Å². The van der Waals surface area contributed by atoms with Crippen LogP contribution in [0.3, 0.4) is 0 Å². The quantitative estimate of drug-likeness (QED) is 0.179. The van der Waals surface area contributed by atoms with Crippen LogP contribution >= 0.6 is 11.3 Å². The van der Waals surface area contributed by atoms with Crippen molar-refractivity contribution in [3.8, 4) is 17.6 Å². The topological polar surface area (TPSA) is 103 Å². The zero-order chi connectivity index (χ0) is 32.8. The van der Waals surface area contributed by atoms with Crippen LogP contribution in [0.2, 0.25) is 0 Å². The Labute approximate surface area is 275 Å². The molecule has 4 aromatic carbocycles. The fourth-order valence-corrected chi connectivity index (χ4v) is 6.37. The van der Waals surface area contributed by atoms with Crippen LogP contribution in [0, 0.1) is 11.3 Å². The second-order valence-corrected chi connectivity index (χ2v) is 11.6. The summed E-state index contributed by atoms with van der Waals surface area (Å²) >= 11 is 1.25. The highest BCUT2D eigenvalue weighted by Crippen LogP contribution is 2.35. The summed E-state index contributed by atoms with van der Waals surface area (Å²) in [6.07, 6.45) is 1.80. The number of hydrogen-bond acceptors (Lipinski definition) is 8. The fraction of sp³-hybridized carbons (Fsp3) is 0.158. The molecule has 9 heteroatoms. The Bertz CT molecular complexity index is 2160. The molecule has 0 saturated heterocycles. The lowest BCUT2D eigenvalue weighted by molar-refractivity contribution is -0.138. The van der Waals surface area contributed by atoms with E-state index in [9.17, 15) is 9.59 Å². The van der Waals surface area contributed by atoms with Crippen molar-refractivity contribution < 1.29 is 19.0 Å². The van der Waals surface area contributed by atoms with Crippen molar-refractivity contribution >= 4 is 29.1 Å². The van der Waals surface area contributed by atoms with Gasteiger partial charge in [-0.2, -0.15) is 5.26 Å². The van der Waals surface area contributed by atoms with Crippen LogP contribution in [-0.4, -0.2) is 23.8 Å². The average molecular weight is 642 g/mol. The van der Waals surface area contributed by atoms with E-state index in [2.05, 4.69) is 6.07 Å². The summed E-state index contributed by atoms with van der Waals surface area (Å²) in [7, 11) is 0. The highest BCUT2D eigenvalue weighted by molar-refractivity contribution is 7.07. The van der Waals surface area contributed by atoms with Gasteiger partial charge < -0.3 is 14.2 Å². The average Bonchev–Trinajstić information content (AvgIpc) is 3.42. The molecule has 0 unspecified atom stereocenters. The third kappa shape index (κ3) is 6.64. The molecule has 0 spiro atoms. The van der Waals surface area contributed by atoms with E-state index in [1.165, 1.54) is 11.3 Å². The molecule has 2 heterocycles. The fourth-order valence-electron chi connectivity index (χ4n) is 5.38. The molecule has 0 bridgehead atoms. The predicted octanol–water partition coefficient (Wildman–Crippen LogP) is 5.78. The number of fused-ring (bicyclic) bond motifs is 1. The van der Waals surface area contributed by atoms with Crippen molar-refractivity contribution in [3.05, 3.63) is 156 Å². The maximum atomic E-state index is 14.3. The molecule has 0 N–H and O–H groups in total. The lowest BCUT2D eigenvalue weighted by Gasteiger charge is -2.26. The molecule has 8 nitrogen and oxygen atoms in total. The number of aromatic nitrogens is 1. The highest BCUT2D eigenvalue weighted by atomic mass is 32.1. The van der Waals surface area contributed by atoms with Crippen molar-refractivity contribution in [1.82, 2.24) is 4.57 Å². The molecule has 6 rings (SSSR count). The second-order valence-electron chi connectivity index (χ2n) is 10.6. The molecule has 1 aliphatic rings. The van der Waals surface area contributed by atoms with Gasteiger partial charge in [-0.3, -0.25) is 9.36 Å². The molecule has 0 radical (unpaired) electrons. The zero-order valence-corrected chi connectivity index (χ0v) is 26.7. The number of esters is 1. The molecule has 5 aromatic rings. The number of benzene rings is 4. The second kappa shape index (κ2) is 14.1. The molecule has 0 amide bonds. The van der Waals surface area contributed by atoms with Crippen molar-refractivity contribution in [1.29, 1.82) is 5.26 Å². The number of thiazole rings is 1. The molecule has 0 aliphatic carbocycles. The molecule has 1 aromatic heterocycles. The third-order valence-electron chi connectivity index (χ3n) is 7.56. The molecule has 0 saturated carbocycles. The molecular weight excluding hydrogens is 611 g/mol. The van der Waals surface area contributed by atoms with E-state index in [1.807, 2.05) is 97.9 Å². The Balaban J connectivity index is 1.49. The van der Waals surface area contributed by atoms with Crippen LogP contribution in [0.4, 0.5) is 0 Å². The normalized spacial score (nSPS) is 14.1. The van der Waals surface area contributed by atoms with Gasteiger partial charge in [-0.05, 0) is 61.4 Å². The minimum atomic E-state index is -0.791. The summed E-state index contributed by atoms with van der Waals surface area (Å²) in [6, 6.07) is 32.9. The van der Waals surface area contributed by atoms with Crippen LogP contribution in [-0.2, 0) is 16.1 Å². The molecule has 47 heavy (non-hydrogen) atoms. The maximum absolute atomic E-state index is 14.3. The number of ether oxygens (including phenoxy) is 3. The van der Waals surface area contributed by atoms with E-state index in [0.717, 1.165) is 22.3 Å². The van der Waals surface area contributed by atoms with Crippen LogP contribution in [0.15, 0.2) is 118 Å². The molecule has 0 fully saturated rings. The van der Waals surface area contributed by atoms with Crippen LogP contribution in [0.1, 0.15) is 47.7 Å². The van der Waals surface area contributed by atoms with Crippen LogP contribution in [0.5, 0.6) is 11.5 Å². The van der Waals surface area contributed by atoms with Gasteiger partial charge in [0.05, 0.1) is 46.7 Å². The summed E-state index contributed by atoms with van der Waals surface area (Å²) in [5.74, 6) is 0.749. The monoisotopic (exact) mass is 641 g/mol. The number of para-hydroxylation sites is 1. The number of nitrogens with zero attached hydrogens (tertiary/aromatic N) is 3. The minimum absolute atomic E-state index is 0.171. The van der Waals surface area contributed by atoms with Gasteiger partial charge in [-0.15, -0.1) is 0 Å².